The van der Waals surface area contributed by atoms with Crippen molar-refractivity contribution in [3.8, 4) is 0 Å². The maximum Gasteiger partial charge on any atom is 0.0443 e. The molecule has 0 aliphatic rings. The van der Waals surface area contributed by atoms with E-state index >= 15 is 0 Å². The van der Waals surface area contributed by atoms with E-state index < -0.39 is 8.80 Å². The smallest absolute Gasteiger partial charge is 0.0443 e. The molecule has 12 heavy (non-hydrogen) atoms. The molecule has 0 aromatic carbocycles. The van der Waals surface area contributed by atoms with Gasteiger partial charge in [0.2, 0.25) is 0 Å². The molecule has 70 valence electrons. The SMILES string of the molecule is CC=CC[SiH](CC=CC)CCC. The Hall–Kier alpha value is -0.303. The molecule has 0 radical (unpaired) electrons. The first-order valence-corrected chi connectivity index (χ1v) is 7.52. The predicted molar refractivity (Wildman–Crippen MR) is 61.5 cm³/mol. The van der Waals surface area contributed by atoms with E-state index in [1.54, 1.807) is 0 Å². The lowest BCUT2D eigenvalue weighted by Crippen LogP contribution is -2.08. The highest BCUT2D eigenvalue weighted by molar-refractivity contribution is 6.59. The van der Waals surface area contributed by atoms with Crippen molar-refractivity contribution in [3.05, 3.63) is 24.3 Å². The molecule has 0 bridgehead atoms. The van der Waals surface area contributed by atoms with Crippen LogP contribution in [0.5, 0.6) is 0 Å². The largest absolute Gasteiger partial charge is 0.0920 e. The van der Waals surface area contributed by atoms with Crippen LogP contribution in [0.3, 0.4) is 0 Å². The average molecular weight is 182 g/mol. The van der Waals surface area contributed by atoms with Crippen LogP contribution >= 0.6 is 0 Å². The van der Waals surface area contributed by atoms with Crippen molar-refractivity contribution >= 4 is 8.80 Å². The first kappa shape index (κ1) is 11.7. The summed E-state index contributed by atoms with van der Waals surface area (Å²) in [6.07, 6.45) is 10.4. The second-order valence-electron chi connectivity index (χ2n) is 3.26. The van der Waals surface area contributed by atoms with Gasteiger partial charge in [-0.25, -0.2) is 0 Å². The van der Waals surface area contributed by atoms with Gasteiger partial charge in [-0.15, -0.1) is 0 Å². The van der Waals surface area contributed by atoms with Gasteiger partial charge in [0.05, 0.1) is 0 Å². The molecule has 0 aromatic heterocycles. The van der Waals surface area contributed by atoms with Gasteiger partial charge in [-0.1, -0.05) is 43.7 Å². The molecule has 1 heteroatoms. The second kappa shape index (κ2) is 8.79. The number of hydrogen-bond donors (Lipinski definition) is 0. The van der Waals surface area contributed by atoms with Crippen molar-refractivity contribution in [2.45, 2.75) is 45.3 Å². The van der Waals surface area contributed by atoms with Crippen LogP contribution in [-0.2, 0) is 0 Å². The summed E-state index contributed by atoms with van der Waals surface area (Å²) in [7, 11) is -0.443. The van der Waals surface area contributed by atoms with Gasteiger partial charge in [0.1, 0.15) is 0 Å². The zero-order chi connectivity index (χ0) is 9.23. The molecule has 0 N–H and O–H groups in total. The Bertz CT molecular complexity index is 122. The minimum atomic E-state index is -0.443. The van der Waals surface area contributed by atoms with Crippen LogP contribution in [0.25, 0.3) is 0 Å². The molecule has 0 saturated carbocycles. The Morgan fingerprint density at radius 2 is 1.50 bits per heavy atom. The first-order valence-electron chi connectivity index (χ1n) is 5.07. The summed E-state index contributed by atoms with van der Waals surface area (Å²) in [6, 6.07) is 4.26. The molecule has 0 fully saturated rings. The molecule has 0 unspecified atom stereocenters. The van der Waals surface area contributed by atoms with Gasteiger partial charge in [-0.3, -0.25) is 0 Å². The van der Waals surface area contributed by atoms with Crippen molar-refractivity contribution in [3.63, 3.8) is 0 Å². The van der Waals surface area contributed by atoms with Crippen LogP contribution in [0.2, 0.25) is 18.1 Å². The van der Waals surface area contributed by atoms with E-state index in [-0.39, 0.29) is 0 Å². The molecule has 0 aliphatic heterocycles. The zero-order valence-corrected chi connectivity index (χ0v) is 9.87. The fourth-order valence-corrected chi connectivity index (χ4v) is 4.19. The molecule has 0 saturated heterocycles. The predicted octanol–water partition coefficient (Wildman–Crippen LogP) is 3.78. The van der Waals surface area contributed by atoms with Crippen LogP contribution in [0.15, 0.2) is 24.3 Å². The van der Waals surface area contributed by atoms with Gasteiger partial charge < -0.3 is 0 Å². The first-order chi connectivity index (χ1) is 5.85. The van der Waals surface area contributed by atoms with Crippen molar-refractivity contribution < 1.29 is 0 Å². The monoisotopic (exact) mass is 182 g/mol. The fourth-order valence-electron chi connectivity index (χ4n) is 1.40. The Kier molecular flexibility index (Phi) is 8.57. The van der Waals surface area contributed by atoms with E-state index in [2.05, 4.69) is 45.1 Å². The molecule has 0 spiro atoms. The van der Waals surface area contributed by atoms with Crippen molar-refractivity contribution in [2.24, 2.45) is 0 Å². The third-order valence-electron chi connectivity index (χ3n) is 2.11. The quantitative estimate of drug-likeness (QED) is 0.433. The van der Waals surface area contributed by atoms with Gasteiger partial charge >= 0.3 is 0 Å². The maximum absolute atomic E-state index is 2.34. The highest BCUT2D eigenvalue weighted by Crippen LogP contribution is 2.09. The van der Waals surface area contributed by atoms with E-state index in [9.17, 15) is 0 Å². The van der Waals surface area contributed by atoms with Gasteiger partial charge in [0.25, 0.3) is 0 Å². The number of hydrogen-bond acceptors (Lipinski definition) is 0. The molecule has 0 aromatic rings. The Labute approximate surface area is 79.0 Å². The molecule has 0 heterocycles. The van der Waals surface area contributed by atoms with Crippen molar-refractivity contribution in [1.82, 2.24) is 0 Å². The van der Waals surface area contributed by atoms with Crippen molar-refractivity contribution in [1.29, 1.82) is 0 Å². The third kappa shape index (κ3) is 6.41. The molecule has 0 amide bonds. The summed E-state index contributed by atoms with van der Waals surface area (Å²) >= 11 is 0. The van der Waals surface area contributed by atoms with Crippen LogP contribution in [0, 0.1) is 0 Å². The van der Waals surface area contributed by atoms with Gasteiger partial charge in [-0.2, -0.15) is 0 Å². The lowest BCUT2D eigenvalue weighted by molar-refractivity contribution is 1.05. The van der Waals surface area contributed by atoms with E-state index in [1.165, 1.54) is 24.6 Å². The second-order valence-corrected chi connectivity index (χ2v) is 6.52. The molecule has 0 rings (SSSR count). The van der Waals surface area contributed by atoms with E-state index in [0.29, 0.717) is 0 Å². The number of rotatable bonds is 6. The van der Waals surface area contributed by atoms with Gasteiger partial charge in [-0.05, 0) is 25.9 Å². The maximum atomic E-state index is 2.34. The third-order valence-corrected chi connectivity index (χ3v) is 5.38. The standard InChI is InChI=1S/C11H22Si/c1-4-7-10-12(9-6-3)11-8-5-2/h4-5,7-8,12H,6,9-11H2,1-3H3. The molecule has 0 aliphatic carbocycles. The summed E-state index contributed by atoms with van der Waals surface area (Å²) in [4.78, 5) is 0. The Morgan fingerprint density at radius 1 is 1.00 bits per heavy atom. The minimum Gasteiger partial charge on any atom is -0.0920 e. The van der Waals surface area contributed by atoms with E-state index in [1.807, 2.05) is 0 Å². The van der Waals surface area contributed by atoms with E-state index in [0.717, 1.165) is 0 Å². The summed E-state index contributed by atoms with van der Waals surface area (Å²) in [5, 5.41) is 0. The summed E-state index contributed by atoms with van der Waals surface area (Å²) in [5.74, 6) is 0. The van der Waals surface area contributed by atoms with Crippen molar-refractivity contribution in [2.75, 3.05) is 0 Å². The number of allylic oxidation sites excluding steroid dienone is 4. The topological polar surface area (TPSA) is 0 Å². The summed E-state index contributed by atoms with van der Waals surface area (Å²) < 4.78 is 0. The van der Waals surface area contributed by atoms with Gasteiger partial charge in [0.15, 0.2) is 0 Å². The molecular weight excluding hydrogens is 160 g/mol. The molecular formula is C11H22Si. The van der Waals surface area contributed by atoms with Crippen LogP contribution in [0.4, 0.5) is 0 Å². The highest BCUT2D eigenvalue weighted by atomic mass is 28.3. The Balaban J connectivity index is 3.68. The lowest BCUT2D eigenvalue weighted by Gasteiger charge is -2.08. The highest BCUT2D eigenvalue weighted by Gasteiger charge is 2.04. The zero-order valence-electron chi connectivity index (χ0n) is 8.72. The lowest BCUT2D eigenvalue weighted by atomic mass is 10.6. The molecule has 0 atom stereocenters. The van der Waals surface area contributed by atoms with Gasteiger partial charge in [0, 0.05) is 8.80 Å². The van der Waals surface area contributed by atoms with Crippen LogP contribution in [-0.4, -0.2) is 8.80 Å². The summed E-state index contributed by atoms with van der Waals surface area (Å²) in [6.45, 7) is 6.53. The minimum absolute atomic E-state index is 0.443. The normalized spacial score (nSPS) is 14.6. The van der Waals surface area contributed by atoms with Crippen LogP contribution in [0.1, 0.15) is 27.2 Å². The molecule has 0 nitrogen and oxygen atoms in total. The summed E-state index contributed by atoms with van der Waals surface area (Å²) in [5.41, 5.74) is 0. The van der Waals surface area contributed by atoms with Crippen LogP contribution < -0.4 is 0 Å². The average Bonchev–Trinajstić information content (AvgIpc) is 2.10. The Morgan fingerprint density at radius 3 is 1.83 bits per heavy atom. The van der Waals surface area contributed by atoms with E-state index in [4.69, 9.17) is 0 Å². The fraction of sp³-hybridized carbons (Fsp3) is 0.636.